The number of rotatable bonds is 1. The number of hydrogen-bond acceptors (Lipinski definition) is 2. The molecular formula is C9H11FO2. The van der Waals surface area contributed by atoms with E-state index in [2.05, 4.69) is 0 Å². The van der Waals surface area contributed by atoms with Crippen LogP contribution < -0.4 is 0 Å². The maximum absolute atomic E-state index is 13.2. The molecule has 2 N–H and O–H groups in total. The average molecular weight is 170 g/mol. The lowest BCUT2D eigenvalue weighted by Crippen LogP contribution is -1.98. The van der Waals surface area contributed by atoms with E-state index < -0.39 is 11.9 Å². The topological polar surface area (TPSA) is 40.5 Å². The van der Waals surface area contributed by atoms with Gasteiger partial charge >= 0.3 is 0 Å². The normalized spacial score (nSPS) is 13.0. The molecule has 1 unspecified atom stereocenters. The van der Waals surface area contributed by atoms with Crippen LogP contribution in [0.25, 0.3) is 0 Å². The van der Waals surface area contributed by atoms with Crippen molar-refractivity contribution in [1.82, 2.24) is 0 Å². The van der Waals surface area contributed by atoms with Gasteiger partial charge in [-0.05, 0) is 25.5 Å². The van der Waals surface area contributed by atoms with Crippen molar-refractivity contribution in [2.24, 2.45) is 0 Å². The Morgan fingerprint density at radius 1 is 1.42 bits per heavy atom. The second-order valence-corrected chi connectivity index (χ2v) is 2.81. The summed E-state index contributed by atoms with van der Waals surface area (Å²) in [6.07, 6.45) is -0.982. The lowest BCUT2D eigenvalue weighted by molar-refractivity contribution is 0.189. The van der Waals surface area contributed by atoms with Crippen molar-refractivity contribution in [3.8, 4) is 5.75 Å². The Bertz CT molecular complexity index is 295. The third-order valence-corrected chi connectivity index (χ3v) is 1.77. The molecule has 0 amide bonds. The van der Waals surface area contributed by atoms with Crippen molar-refractivity contribution in [3.63, 3.8) is 0 Å². The Balaban J connectivity index is 3.33. The van der Waals surface area contributed by atoms with E-state index in [0.29, 0.717) is 5.56 Å². The van der Waals surface area contributed by atoms with Gasteiger partial charge in [0.25, 0.3) is 0 Å². The molecule has 0 aliphatic rings. The Morgan fingerprint density at radius 2 is 2.00 bits per heavy atom. The average Bonchev–Trinajstić information content (AvgIpc) is 1.97. The lowest BCUT2D eigenvalue weighted by Gasteiger charge is -2.09. The smallest absolute Gasteiger partial charge is 0.135 e. The number of phenolic OH excluding ortho intramolecular Hbond substituents is 1. The van der Waals surface area contributed by atoms with E-state index in [-0.39, 0.29) is 11.3 Å². The van der Waals surface area contributed by atoms with Crippen molar-refractivity contribution in [2.45, 2.75) is 20.0 Å². The second kappa shape index (κ2) is 3.11. The molecule has 1 aromatic rings. The van der Waals surface area contributed by atoms with Gasteiger partial charge < -0.3 is 10.2 Å². The molecule has 0 saturated carbocycles. The van der Waals surface area contributed by atoms with Crippen molar-refractivity contribution >= 4 is 0 Å². The number of hydrogen-bond donors (Lipinski definition) is 2. The zero-order valence-corrected chi connectivity index (χ0v) is 7.00. The van der Waals surface area contributed by atoms with Gasteiger partial charge in [0, 0.05) is 0 Å². The van der Waals surface area contributed by atoms with E-state index in [1.54, 1.807) is 6.92 Å². The summed E-state index contributed by atoms with van der Waals surface area (Å²) in [5, 5.41) is 18.3. The predicted molar refractivity (Wildman–Crippen MR) is 43.4 cm³/mol. The first-order valence-electron chi connectivity index (χ1n) is 3.70. The van der Waals surface area contributed by atoms with Crippen LogP contribution in [0.3, 0.4) is 0 Å². The fourth-order valence-corrected chi connectivity index (χ4v) is 1.09. The van der Waals surface area contributed by atoms with E-state index in [1.165, 1.54) is 19.1 Å². The van der Waals surface area contributed by atoms with Gasteiger partial charge in [-0.2, -0.15) is 0 Å². The van der Waals surface area contributed by atoms with Crippen LogP contribution >= 0.6 is 0 Å². The van der Waals surface area contributed by atoms with Gasteiger partial charge in [-0.15, -0.1) is 0 Å². The largest absolute Gasteiger partial charge is 0.507 e. The summed E-state index contributed by atoms with van der Waals surface area (Å²) in [5.74, 6) is -0.738. The highest BCUT2D eigenvalue weighted by Gasteiger charge is 2.14. The molecule has 0 spiro atoms. The number of halogens is 1. The van der Waals surface area contributed by atoms with Crippen LogP contribution in [0.4, 0.5) is 4.39 Å². The van der Waals surface area contributed by atoms with Gasteiger partial charge in [-0.3, -0.25) is 0 Å². The maximum atomic E-state index is 13.2. The summed E-state index contributed by atoms with van der Waals surface area (Å²) >= 11 is 0. The van der Waals surface area contributed by atoms with E-state index >= 15 is 0 Å². The number of aryl methyl sites for hydroxylation is 1. The highest BCUT2D eigenvalue weighted by atomic mass is 19.1. The first-order valence-corrected chi connectivity index (χ1v) is 3.70. The van der Waals surface area contributed by atoms with Gasteiger partial charge in [-0.1, -0.05) is 6.07 Å². The first-order chi connectivity index (χ1) is 5.54. The minimum absolute atomic E-state index is 0.0324. The molecule has 1 atom stereocenters. The number of phenols is 1. The summed E-state index contributed by atoms with van der Waals surface area (Å²) in [5.41, 5.74) is 0.388. The number of aromatic hydroxyl groups is 1. The fourth-order valence-electron chi connectivity index (χ4n) is 1.09. The fraction of sp³-hybridized carbons (Fsp3) is 0.333. The zero-order valence-electron chi connectivity index (χ0n) is 7.00. The molecular weight excluding hydrogens is 159 g/mol. The highest BCUT2D eigenvalue weighted by Crippen LogP contribution is 2.28. The molecule has 0 aromatic heterocycles. The van der Waals surface area contributed by atoms with Crippen molar-refractivity contribution in [2.75, 3.05) is 0 Å². The van der Waals surface area contributed by atoms with Crippen LogP contribution in [0, 0.1) is 12.7 Å². The lowest BCUT2D eigenvalue weighted by atomic mass is 10.1. The summed E-state index contributed by atoms with van der Waals surface area (Å²) in [7, 11) is 0. The molecule has 3 heteroatoms. The molecule has 0 radical (unpaired) electrons. The molecule has 2 nitrogen and oxygen atoms in total. The summed E-state index contributed by atoms with van der Waals surface area (Å²) in [6.45, 7) is 3.00. The molecule has 66 valence electrons. The van der Waals surface area contributed by atoms with Crippen LogP contribution in [0.2, 0.25) is 0 Å². The third kappa shape index (κ3) is 1.41. The summed E-state index contributed by atoms with van der Waals surface area (Å²) in [4.78, 5) is 0. The van der Waals surface area contributed by atoms with E-state index in [9.17, 15) is 9.50 Å². The van der Waals surface area contributed by atoms with E-state index in [4.69, 9.17) is 5.11 Å². The van der Waals surface area contributed by atoms with Gasteiger partial charge in [0.2, 0.25) is 0 Å². The van der Waals surface area contributed by atoms with Crippen LogP contribution in [-0.2, 0) is 0 Å². The van der Waals surface area contributed by atoms with Crippen molar-refractivity contribution in [1.29, 1.82) is 0 Å². The molecule has 1 aromatic carbocycles. The number of aliphatic hydroxyl groups is 1. The maximum Gasteiger partial charge on any atom is 0.135 e. The zero-order chi connectivity index (χ0) is 9.30. The van der Waals surface area contributed by atoms with Crippen LogP contribution in [0.5, 0.6) is 5.75 Å². The molecule has 0 fully saturated rings. The van der Waals surface area contributed by atoms with Gasteiger partial charge in [-0.25, -0.2) is 4.39 Å². The third-order valence-electron chi connectivity index (χ3n) is 1.77. The minimum Gasteiger partial charge on any atom is -0.507 e. The van der Waals surface area contributed by atoms with Crippen LogP contribution in [0.1, 0.15) is 24.2 Å². The molecule has 0 aliphatic heterocycles. The van der Waals surface area contributed by atoms with E-state index in [1.807, 2.05) is 0 Å². The highest BCUT2D eigenvalue weighted by molar-refractivity contribution is 5.38. The molecule has 1 rings (SSSR count). The first kappa shape index (κ1) is 9.00. The van der Waals surface area contributed by atoms with Gasteiger partial charge in [0.1, 0.15) is 11.6 Å². The minimum atomic E-state index is -0.982. The van der Waals surface area contributed by atoms with Gasteiger partial charge in [0.05, 0.1) is 11.7 Å². The Morgan fingerprint density at radius 3 is 2.42 bits per heavy atom. The SMILES string of the molecule is Cc1ccc(O)c(C(C)O)c1F. The molecule has 0 heterocycles. The van der Waals surface area contributed by atoms with Gasteiger partial charge in [0.15, 0.2) is 0 Å². The monoisotopic (exact) mass is 170 g/mol. The Kier molecular flexibility index (Phi) is 2.33. The van der Waals surface area contributed by atoms with Crippen LogP contribution in [-0.4, -0.2) is 10.2 Å². The summed E-state index contributed by atoms with van der Waals surface area (Å²) < 4.78 is 13.2. The molecule has 0 aliphatic carbocycles. The Labute approximate surface area is 70.3 Å². The van der Waals surface area contributed by atoms with E-state index in [0.717, 1.165) is 0 Å². The predicted octanol–water partition coefficient (Wildman–Crippen LogP) is 1.89. The number of aliphatic hydroxyl groups excluding tert-OH is 1. The quantitative estimate of drug-likeness (QED) is 0.675. The van der Waals surface area contributed by atoms with Crippen molar-refractivity contribution < 1.29 is 14.6 Å². The van der Waals surface area contributed by atoms with Crippen molar-refractivity contribution in [3.05, 3.63) is 29.1 Å². The van der Waals surface area contributed by atoms with Crippen LogP contribution in [0.15, 0.2) is 12.1 Å². The summed E-state index contributed by atoms with van der Waals surface area (Å²) in [6, 6.07) is 2.84. The Hall–Kier alpha value is -1.09. The second-order valence-electron chi connectivity index (χ2n) is 2.81. The molecule has 12 heavy (non-hydrogen) atoms. The standard InChI is InChI=1S/C9H11FO2/c1-5-3-4-7(12)8(6(2)11)9(5)10/h3-4,6,11-12H,1-2H3. The molecule has 0 bridgehead atoms. The molecule has 0 saturated heterocycles. The number of benzene rings is 1.